The maximum atomic E-state index is 9.64. The molecular weight excluding hydrogens is 232 g/mol. The summed E-state index contributed by atoms with van der Waals surface area (Å²) in [5.41, 5.74) is 1.27. The van der Waals surface area contributed by atoms with Gasteiger partial charge in [-0.05, 0) is 24.8 Å². The highest BCUT2D eigenvalue weighted by molar-refractivity contribution is 5.14. The second kappa shape index (κ2) is 9.05. The summed E-state index contributed by atoms with van der Waals surface area (Å²) in [6.45, 7) is -0.0534. The molecule has 2 unspecified atom stereocenters. The van der Waals surface area contributed by atoms with Gasteiger partial charge in [0.25, 0.3) is 0 Å². The van der Waals surface area contributed by atoms with E-state index in [-0.39, 0.29) is 19.8 Å². The van der Waals surface area contributed by atoms with Crippen molar-refractivity contribution in [3.63, 3.8) is 0 Å². The largest absolute Gasteiger partial charge is 0.394 e. The van der Waals surface area contributed by atoms with Gasteiger partial charge >= 0.3 is 0 Å². The summed E-state index contributed by atoms with van der Waals surface area (Å²) in [5.74, 6) is 0. The van der Waals surface area contributed by atoms with Crippen LogP contribution in [0.25, 0.3) is 0 Å². The summed E-state index contributed by atoms with van der Waals surface area (Å²) in [5, 5.41) is 27.3. The minimum absolute atomic E-state index is 0.0618. The van der Waals surface area contributed by atoms with E-state index in [1.54, 1.807) is 0 Å². The number of aliphatic hydroxyl groups excluding tert-OH is 3. The summed E-state index contributed by atoms with van der Waals surface area (Å²) in [4.78, 5) is 0. The third-order valence-corrected chi connectivity index (χ3v) is 2.68. The number of hydrogen-bond acceptors (Lipinski definition) is 4. The van der Waals surface area contributed by atoms with Crippen LogP contribution >= 0.6 is 0 Å². The maximum Gasteiger partial charge on any atom is 0.100 e. The molecule has 1 rings (SSSR count). The van der Waals surface area contributed by atoms with Gasteiger partial charge in [-0.3, -0.25) is 0 Å². The number of ether oxygens (including phenoxy) is 1. The third kappa shape index (κ3) is 6.71. The van der Waals surface area contributed by atoms with E-state index in [0.29, 0.717) is 6.42 Å². The van der Waals surface area contributed by atoms with Crippen molar-refractivity contribution < 1.29 is 20.1 Å². The van der Waals surface area contributed by atoms with Gasteiger partial charge < -0.3 is 20.1 Å². The first-order chi connectivity index (χ1) is 8.72. The monoisotopic (exact) mass is 254 g/mol. The van der Waals surface area contributed by atoms with Gasteiger partial charge in [0.1, 0.15) is 6.10 Å². The van der Waals surface area contributed by atoms with Crippen molar-refractivity contribution in [3.8, 4) is 0 Å². The van der Waals surface area contributed by atoms with E-state index in [2.05, 4.69) is 12.1 Å². The van der Waals surface area contributed by atoms with Gasteiger partial charge in [0.15, 0.2) is 0 Å². The minimum atomic E-state index is -0.860. The van der Waals surface area contributed by atoms with Crippen molar-refractivity contribution >= 4 is 0 Å². The summed E-state index contributed by atoms with van der Waals surface area (Å²) in [7, 11) is 0. The fourth-order valence-corrected chi connectivity index (χ4v) is 1.66. The second-order valence-electron chi connectivity index (χ2n) is 4.41. The summed E-state index contributed by atoms with van der Waals surface area (Å²) >= 11 is 0. The maximum absolute atomic E-state index is 9.64. The van der Waals surface area contributed by atoms with E-state index >= 15 is 0 Å². The van der Waals surface area contributed by atoms with E-state index in [1.807, 2.05) is 18.2 Å². The van der Waals surface area contributed by atoms with Crippen molar-refractivity contribution in [2.24, 2.45) is 0 Å². The van der Waals surface area contributed by atoms with Gasteiger partial charge in [-0.1, -0.05) is 30.3 Å². The smallest absolute Gasteiger partial charge is 0.100 e. The lowest BCUT2D eigenvalue weighted by atomic mass is 10.1. The van der Waals surface area contributed by atoms with Crippen molar-refractivity contribution in [1.82, 2.24) is 0 Å². The highest BCUT2D eigenvalue weighted by Crippen LogP contribution is 2.06. The van der Waals surface area contributed by atoms with Crippen LogP contribution in [0.1, 0.15) is 18.4 Å². The molecule has 4 heteroatoms. The summed E-state index contributed by atoms with van der Waals surface area (Å²) in [6.07, 6.45) is 1.14. The average molecular weight is 254 g/mol. The lowest BCUT2D eigenvalue weighted by molar-refractivity contribution is -0.0260. The minimum Gasteiger partial charge on any atom is -0.394 e. The van der Waals surface area contributed by atoms with Crippen LogP contribution in [0.2, 0.25) is 0 Å². The quantitative estimate of drug-likeness (QED) is 0.608. The van der Waals surface area contributed by atoms with E-state index in [1.165, 1.54) is 5.56 Å². The van der Waals surface area contributed by atoms with E-state index in [0.717, 1.165) is 12.8 Å². The molecule has 1 aromatic rings. The molecule has 0 saturated carbocycles. The molecule has 18 heavy (non-hydrogen) atoms. The number of benzene rings is 1. The molecule has 0 aliphatic heterocycles. The Hall–Kier alpha value is -0.940. The lowest BCUT2D eigenvalue weighted by Crippen LogP contribution is -2.23. The standard InChI is InChI=1S/C14H22O4/c15-9-14(17)11-18-10-13(16)8-4-7-12-5-2-1-3-6-12/h1-3,5-6,13-17H,4,7-11H2. The lowest BCUT2D eigenvalue weighted by Gasteiger charge is -2.13. The Morgan fingerprint density at radius 3 is 2.33 bits per heavy atom. The zero-order valence-electron chi connectivity index (χ0n) is 10.5. The molecule has 0 radical (unpaired) electrons. The Kier molecular flexibility index (Phi) is 7.60. The Bertz CT molecular complexity index is 302. The van der Waals surface area contributed by atoms with Gasteiger partial charge in [-0.15, -0.1) is 0 Å². The molecule has 0 heterocycles. The Morgan fingerprint density at radius 2 is 1.67 bits per heavy atom. The van der Waals surface area contributed by atoms with Gasteiger partial charge in [-0.25, -0.2) is 0 Å². The van der Waals surface area contributed by atoms with E-state index in [9.17, 15) is 5.11 Å². The highest BCUT2D eigenvalue weighted by Gasteiger charge is 2.07. The molecule has 4 nitrogen and oxygen atoms in total. The molecule has 2 atom stereocenters. The summed E-state index contributed by atoms with van der Waals surface area (Å²) < 4.78 is 5.09. The van der Waals surface area contributed by atoms with Crippen LogP contribution in [0, 0.1) is 0 Å². The van der Waals surface area contributed by atoms with Gasteiger partial charge in [0.2, 0.25) is 0 Å². The molecule has 0 amide bonds. The molecule has 3 N–H and O–H groups in total. The fraction of sp³-hybridized carbons (Fsp3) is 0.571. The number of rotatable bonds is 9. The second-order valence-corrected chi connectivity index (χ2v) is 4.41. The SMILES string of the molecule is OCC(O)COCC(O)CCCc1ccccc1. The molecule has 0 saturated heterocycles. The topological polar surface area (TPSA) is 69.9 Å². The highest BCUT2D eigenvalue weighted by atomic mass is 16.5. The van der Waals surface area contributed by atoms with Crippen LogP contribution in [0.5, 0.6) is 0 Å². The molecular formula is C14H22O4. The molecule has 0 aromatic heterocycles. The number of hydrogen-bond donors (Lipinski definition) is 3. The predicted octanol–water partition coefficient (Wildman–Crippen LogP) is 0.740. The Labute approximate surface area is 108 Å². The van der Waals surface area contributed by atoms with Crippen LogP contribution in [-0.2, 0) is 11.2 Å². The zero-order chi connectivity index (χ0) is 13.2. The molecule has 0 spiro atoms. The molecule has 0 bridgehead atoms. The number of aryl methyl sites for hydroxylation is 1. The van der Waals surface area contributed by atoms with E-state index in [4.69, 9.17) is 14.9 Å². The van der Waals surface area contributed by atoms with Crippen molar-refractivity contribution in [3.05, 3.63) is 35.9 Å². The Balaban J connectivity index is 2.05. The third-order valence-electron chi connectivity index (χ3n) is 2.68. The van der Waals surface area contributed by atoms with Crippen LogP contribution in [0.4, 0.5) is 0 Å². The van der Waals surface area contributed by atoms with E-state index < -0.39 is 12.2 Å². The predicted molar refractivity (Wildman–Crippen MR) is 69.3 cm³/mol. The van der Waals surface area contributed by atoms with Gasteiger partial charge in [-0.2, -0.15) is 0 Å². The van der Waals surface area contributed by atoms with Crippen LogP contribution < -0.4 is 0 Å². The first kappa shape index (κ1) is 15.1. The zero-order valence-corrected chi connectivity index (χ0v) is 10.5. The van der Waals surface area contributed by atoms with Crippen molar-refractivity contribution in [1.29, 1.82) is 0 Å². The van der Waals surface area contributed by atoms with Crippen LogP contribution in [-0.4, -0.2) is 47.3 Å². The molecule has 0 fully saturated rings. The molecule has 0 aliphatic carbocycles. The Morgan fingerprint density at radius 1 is 1.00 bits per heavy atom. The summed E-state index contributed by atoms with van der Waals surface area (Å²) in [6, 6.07) is 10.1. The average Bonchev–Trinajstić information content (AvgIpc) is 2.39. The fourth-order valence-electron chi connectivity index (χ4n) is 1.66. The van der Waals surface area contributed by atoms with Crippen molar-refractivity contribution in [2.45, 2.75) is 31.5 Å². The van der Waals surface area contributed by atoms with Crippen LogP contribution in [0.15, 0.2) is 30.3 Å². The van der Waals surface area contributed by atoms with Crippen molar-refractivity contribution in [2.75, 3.05) is 19.8 Å². The number of aliphatic hydroxyl groups is 3. The normalized spacial score (nSPS) is 14.4. The molecule has 102 valence electrons. The molecule has 1 aromatic carbocycles. The first-order valence-corrected chi connectivity index (χ1v) is 6.31. The van der Waals surface area contributed by atoms with Gasteiger partial charge in [0.05, 0.1) is 25.9 Å². The first-order valence-electron chi connectivity index (χ1n) is 6.31. The van der Waals surface area contributed by atoms with Crippen LogP contribution in [0.3, 0.4) is 0 Å². The molecule has 0 aliphatic rings. The van der Waals surface area contributed by atoms with Gasteiger partial charge in [0, 0.05) is 0 Å².